The third-order valence-electron chi connectivity index (χ3n) is 0.852. The van der Waals surface area contributed by atoms with E-state index in [2.05, 4.69) is 10.6 Å². The molecule has 4 N–H and O–H groups in total. The molecular formula is C7H14N2O5. The molecule has 82 valence electrons. The van der Waals surface area contributed by atoms with Crippen molar-refractivity contribution in [2.75, 3.05) is 26.3 Å². The van der Waals surface area contributed by atoms with E-state index in [0.29, 0.717) is 0 Å². The van der Waals surface area contributed by atoms with E-state index in [-0.39, 0.29) is 31.8 Å². The fourth-order valence-corrected chi connectivity index (χ4v) is 0.415. The molecule has 1 rings (SSSR count). The largest absolute Gasteiger partial charge is 0.394 e. The predicted octanol–water partition coefficient (Wildman–Crippen LogP) is -2.35. The average molecular weight is 206 g/mol. The van der Waals surface area contributed by atoms with Crippen molar-refractivity contribution in [3.05, 3.63) is 0 Å². The molecule has 0 aliphatic carbocycles. The van der Waals surface area contributed by atoms with Crippen LogP contribution in [0.15, 0.2) is 0 Å². The molecule has 0 aromatic heterocycles. The Morgan fingerprint density at radius 1 is 1.07 bits per heavy atom. The summed E-state index contributed by atoms with van der Waals surface area (Å²) in [6.07, 6.45) is 0.389. The highest BCUT2D eigenvalue weighted by Gasteiger charge is 2.02. The number of aliphatic hydroxyl groups is 2. The van der Waals surface area contributed by atoms with Crippen molar-refractivity contribution in [2.45, 2.75) is 0 Å². The minimum atomic E-state index is -0.125. The normalized spacial score (nSPS) is 12.0. The van der Waals surface area contributed by atoms with Gasteiger partial charge in [0.25, 0.3) is 0 Å². The highest BCUT2D eigenvalue weighted by molar-refractivity contribution is 6.09. The summed E-state index contributed by atoms with van der Waals surface area (Å²) >= 11 is 0. The van der Waals surface area contributed by atoms with Gasteiger partial charge in [0, 0.05) is 13.1 Å². The molecule has 14 heavy (non-hydrogen) atoms. The summed E-state index contributed by atoms with van der Waals surface area (Å²) < 4.78 is 0. The van der Waals surface area contributed by atoms with E-state index in [1.807, 2.05) is 0 Å². The number of amides is 2. The molecule has 7 heteroatoms. The van der Waals surface area contributed by atoms with E-state index in [1.54, 1.807) is 0 Å². The van der Waals surface area contributed by atoms with Gasteiger partial charge in [0.05, 0.1) is 13.2 Å². The van der Waals surface area contributed by atoms with Crippen LogP contribution in [0.2, 0.25) is 0 Å². The van der Waals surface area contributed by atoms with E-state index in [0.717, 1.165) is 13.1 Å². The molecule has 1 saturated heterocycles. The van der Waals surface area contributed by atoms with Crippen molar-refractivity contribution in [2.24, 2.45) is 0 Å². The number of nitrogens with one attached hydrogen (secondary N) is 2. The number of carbonyl (C=O) groups is 3. The molecule has 0 aromatic rings. The molecular weight excluding hydrogens is 192 g/mol. The first-order valence-electron chi connectivity index (χ1n) is 3.85. The van der Waals surface area contributed by atoms with E-state index >= 15 is 0 Å². The first-order chi connectivity index (χ1) is 6.72. The van der Waals surface area contributed by atoms with E-state index in [4.69, 9.17) is 19.8 Å². The maximum Gasteiger partial charge on any atom is 0.314 e. The van der Waals surface area contributed by atoms with Crippen LogP contribution in [-0.4, -0.2) is 55.1 Å². The van der Waals surface area contributed by atoms with Crippen LogP contribution in [0.25, 0.3) is 0 Å². The van der Waals surface area contributed by atoms with Crippen molar-refractivity contribution in [3.63, 3.8) is 0 Å². The Bertz CT molecular complexity index is 146. The lowest BCUT2D eigenvalue weighted by Gasteiger charge is -1.80. The Morgan fingerprint density at radius 3 is 1.50 bits per heavy atom. The lowest BCUT2D eigenvalue weighted by molar-refractivity contribution is -0.122. The van der Waals surface area contributed by atoms with Gasteiger partial charge in [-0.1, -0.05) is 0 Å². The lowest BCUT2D eigenvalue weighted by atomic mass is 10.7. The van der Waals surface area contributed by atoms with Crippen molar-refractivity contribution in [1.29, 1.82) is 0 Å². The van der Waals surface area contributed by atoms with Gasteiger partial charge < -0.3 is 20.8 Å². The molecule has 1 aliphatic heterocycles. The maximum absolute atomic E-state index is 10.0. The zero-order chi connectivity index (χ0) is 11.2. The summed E-state index contributed by atoms with van der Waals surface area (Å²) in [6.45, 7) is 1.30. The quantitative estimate of drug-likeness (QED) is 0.298. The van der Waals surface area contributed by atoms with Gasteiger partial charge in [0.15, 0.2) is 12.6 Å². The topological polar surface area (TPSA) is 116 Å². The van der Waals surface area contributed by atoms with Gasteiger partial charge in [0.1, 0.15) is 0 Å². The molecule has 1 aliphatic rings. The standard InChI is InChI=1S/C3H6N2O.C2H6O2.C2H2O2/c6-3-4-1-2-5-3;2*3-1-2-4/h1-2H2,(H2,4,5,6);3-4H,1-2H2;1-2H. The van der Waals surface area contributed by atoms with Gasteiger partial charge in [-0.05, 0) is 0 Å². The highest BCUT2D eigenvalue weighted by Crippen LogP contribution is 1.69. The summed E-state index contributed by atoms with van der Waals surface area (Å²) in [6, 6.07) is -0.0463. The molecule has 2 amide bonds. The average Bonchev–Trinajstić information content (AvgIpc) is 2.70. The van der Waals surface area contributed by atoms with Gasteiger partial charge in [-0.15, -0.1) is 0 Å². The molecule has 0 spiro atoms. The van der Waals surface area contributed by atoms with Crippen molar-refractivity contribution < 1.29 is 24.6 Å². The lowest BCUT2D eigenvalue weighted by Crippen LogP contribution is -2.20. The smallest absolute Gasteiger partial charge is 0.314 e. The Hall–Kier alpha value is -1.47. The number of rotatable bonds is 2. The summed E-state index contributed by atoms with van der Waals surface area (Å²) in [5.74, 6) is 0. The van der Waals surface area contributed by atoms with Gasteiger partial charge in [-0.3, -0.25) is 9.59 Å². The molecule has 0 atom stereocenters. The van der Waals surface area contributed by atoms with Gasteiger partial charge in [0.2, 0.25) is 0 Å². The molecule has 0 unspecified atom stereocenters. The number of carbonyl (C=O) groups excluding carboxylic acids is 3. The first kappa shape index (κ1) is 15.0. The minimum Gasteiger partial charge on any atom is -0.394 e. The van der Waals surface area contributed by atoms with Crippen LogP contribution in [0.1, 0.15) is 0 Å². The second-order valence-electron chi connectivity index (χ2n) is 1.90. The van der Waals surface area contributed by atoms with Crippen LogP contribution >= 0.6 is 0 Å². The second-order valence-corrected chi connectivity index (χ2v) is 1.90. The Kier molecular flexibility index (Phi) is 15.1. The number of hydrogen-bond donors (Lipinski definition) is 4. The molecule has 1 heterocycles. The van der Waals surface area contributed by atoms with Crippen LogP contribution in [0.5, 0.6) is 0 Å². The first-order valence-corrected chi connectivity index (χ1v) is 3.85. The number of aldehydes is 2. The van der Waals surface area contributed by atoms with E-state index < -0.39 is 0 Å². The maximum atomic E-state index is 10.0. The molecule has 1 fully saturated rings. The summed E-state index contributed by atoms with van der Waals surface area (Å²) in [5, 5.41) is 20.4. The number of aliphatic hydroxyl groups excluding tert-OH is 2. The van der Waals surface area contributed by atoms with Crippen LogP contribution in [0.4, 0.5) is 4.79 Å². The molecule has 7 nitrogen and oxygen atoms in total. The highest BCUT2D eigenvalue weighted by atomic mass is 16.3. The zero-order valence-corrected chi connectivity index (χ0v) is 7.60. The second kappa shape index (κ2) is 14.1. The molecule has 0 saturated carbocycles. The van der Waals surface area contributed by atoms with Crippen LogP contribution in [0.3, 0.4) is 0 Å². The van der Waals surface area contributed by atoms with E-state index in [1.165, 1.54) is 0 Å². The van der Waals surface area contributed by atoms with Crippen LogP contribution in [-0.2, 0) is 9.59 Å². The summed E-state index contributed by atoms with van der Waals surface area (Å²) in [5.41, 5.74) is 0. The summed E-state index contributed by atoms with van der Waals surface area (Å²) in [7, 11) is 0. The van der Waals surface area contributed by atoms with Gasteiger partial charge >= 0.3 is 6.03 Å². The van der Waals surface area contributed by atoms with Crippen molar-refractivity contribution >= 4 is 18.6 Å². The Balaban J connectivity index is 0. The monoisotopic (exact) mass is 206 g/mol. The van der Waals surface area contributed by atoms with Crippen molar-refractivity contribution in [3.8, 4) is 0 Å². The summed E-state index contributed by atoms with van der Waals surface area (Å²) in [4.78, 5) is 27.6. The zero-order valence-electron chi connectivity index (χ0n) is 7.60. The third kappa shape index (κ3) is 16.9. The molecule has 0 bridgehead atoms. The fourth-order valence-electron chi connectivity index (χ4n) is 0.415. The van der Waals surface area contributed by atoms with Gasteiger partial charge in [-0.2, -0.15) is 0 Å². The third-order valence-corrected chi connectivity index (χ3v) is 0.852. The number of hydrogen-bond acceptors (Lipinski definition) is 5. The fraction of sp³-hybridized carbons (Fsp3) is 0.571. The minimum absolute atomic E-state index is 0.0463. The Labute approximate surface area is 81.1 Å². The number of urea groups is 1. The SMILES string of the molecule is O=C1NCCN1.O=CC=O.OCCO. The van der Waals surface area contributed by atoms with Crippen molar-refractivity contribution in [1.82, 2.24) is 10.6 Å². The Morgan fingerprint density at radius 2 is 1.43 bits per heavy atom. The molecule has 0 radical (unpaired) electrons. The van der Waals surface area contributed by atoms with Crippen LogP contribution in [0, 0.1) is 0 Å². The van der Waals surface area contributed by atoms with Crippen LogP contribution < -0.4 is 10.6 Å². The van der Waals surface area contributed by atoms with E-state index in [9.17, 15) is 4.79 Å². The van der Waals surface area contributed by atoms with Gasteiger partial charge in [-0.25, -0.2) is 4.79 Å². The predicted molar refractivity (Wildman–Crippen MR) is 47.7 cm³/mol. The molecule has 0 aromatic carbocycles.